The lowest BCUT2D eigenvalue weighted by Gasteiger charge is -2.34. The Morgan fingerprint density at radius 1 is 1.08 bits per heavy atom. The van der Waals surface area contributed by atoms with E-state index in [1.165, 1.54) is 4.90 Å². The number of alkyl carbamates (subject to hydrolysis) is 1. The maximum atomic E-state index is 13.6. The number of rotatable bonds is 10. The third-order valence-electron chi connectivity index (χ3n) is 5.20. The van der Waals surface area contributed by atoms with E-state index >= 15 is 0 Å². The van der Waals surface area contributed by atoms with Crippen LogP contribution in [-0.2, 0) is 20.9 Å². The molecule has 3 amide bonds. The molecule has 0 saturated carbocycles. The number of amides is 3. The molecule has 3 N–H and O–H groups in total. The van der Waals surface area contributed by atoms with Gasteiger partial charge in [-0.2, -0.15) is 0 Å². The van der Waals surface area contributed by atoms with Crippen LogP contribution in [0.15, 0.2) is 54.6 Å². The van der Waals surface area contributed by atoms with Gasteiger partial charge in [0.05, 0.1) is 6.61 Å². The predicted octanol–water partition coefficient (Wildman–Crippen LogP) is 3.15. The molecule has 0 saturated heterocycles. The molecule has 0 aliphatic carbocycles. The number of nitrogens with zero attached hydrogens (tertiary/aromatic N) is 1. The van der Waals surface area contributed by atoms with Crippen molar-refractivity contribution in [3.8, 4) is 12.3 Å². The molecule has 2 aromatic carbocycles. The molecule has 2 unspecified atom stereocenters. The van der Waals surface area contributed by atoms with Gasteiger partial charge in [0.1, 0.15) is 17.7 Å². The highest BCUT2D eigenvalue weighted by Crippen LogP contribution is 2.26. The zero-order chi connectivity index (χ0) is 26.7. The van der Waals surface area contributed by atoms with Crippen molar-refractivity contribution >= 4 is 17.9 Å². The average Bonchev–Trinajstić information content (AvgIpc) is 2.85. The van der Waals surface area contributed by atoms with Gasteiger partial charge < -0.3 is 25.4 Å². The predicted molar refractivity (Wildman–Crippen MR) is 138 cm³/mol. The molecular weight excluding hydrogens is 458 g/mol. The maximum Gasteiger partial charge on any atom is 0.408 e. The highest BCUT2D eigenvalue weighted by Gasteiger charge is 2.36. The summed E-state index contributed by atoms with van der Waals surface area (Å²) in [5.74, 6) is 1.52. The van der Waals surface area contributed by atoms with Crippen LogP contribution in [-0.4, -0.2) is 52.7 Å². The zero-order valence-corrected chi connectivity index (χ0v) is 21.3. The lowest BCUT2D eigenvalue weighted by Crippen LogP contribution is -2.54. The summed E-state index contributed by atoms with van der Waals surface area (Å²) < 4.78 is 5.24. The van der Waals surface area contributed by atoms with Gasteiger partial charge in [0, 0.05) is 18.7 Å². The van der Waals surface area contributed by atoms with Crippen LogP contribution < -0.4 is 10.6 Å². The highest BCUT2D eigenvalue weighted by atomic mass is 16.6. The van der Waals surface area contributed by atoms with Crippen molar-refractivity contribution in [2.45, 2.75) is 58.3 Å². The van der Waals surface area contributed by atoms with Crippen molar-refractivity contribution in [2.75, 3.05) is 13.2 Å². The molecule has 2 rings (SSSR count). The summed E-state index contributed by atoms with van der Waals surface area (Å²) in [5, 5.41) is 15.3. The van der Waals surface area contributed by atoms with Gasteiger partial charge in [-0.1, -0.05) is 61.4 Å². The number of nitrogens with one attached hydrogen (secondary N) is 2. The Kier molecular flexibility index (Phi) is 10.5. The Morgan fingerprint density at radius 2 is 1.72 bits per heavy atom. The van der Waals surface area contributed by atoms with Gasteiger partial charge in [0.15, 0.2) is 0 Å². The van der Waals surface area contributed by atoms with Crippen LogP contribution in [0, 0.1) is 12.3 Å². The number of carbonyl (C=O) groups is 3. The number of benzene rings is 2. The van der Waals surface area contributed by atoms with Gasteiger partial charge in [-0.25, -0.2) is 4.79 Å². The zero-order valence-electron chi connectivity index (χ0n) is 21.3. The Balaban J connectivity index is 2.42. The molecule has 192 valence electrons. The molecule has 0 aliphatic heterocycles. The smallest absolute Gasteiger partial charge is 0.408 e. The number of carbonyl (C=O) groups excluding carboxylic acids is 3. The molecular formula is C28H35N3O5. The minimum atomic E-state index is -1.31. The summed E-state index contributed by atoms with van der Waals surface area (Å²) in [6, 6.07) is 13.9. The van der Waals surface area contributed by atoms with E-state index in [9.17, 15) is 19.5 Å². The molecule has 2 atom stereocenters. The third kappa shape index (κ3) is 8.14. The van der Waals surface area contributed by atoms with Crippen molar-refractivity contribution in [2.24, 2.45) is 0 Å². The summed E-state index contributed by atoms with van der Waals surface area (Å²) in [5.41, 5.74) is 1.04. The molecule has 0 bridgehead atoms. The molecule has 8 nitrogen and oxygen atoms in total. The topological polar surface area (TPSA) is 108 Å². The first-order valence-electron chi connectivity index (χ1n) is 11.9. The number of ether oxygens (including phenoxy) is 1. The highest BCUT2D eigenvalue weighted by molar-refractivity contribution is 5.92. The molecule has 8 heteroatoms. The van der Waals surface area contributed by atoms with Crippen LogP contribution in [0.2, 0.25) is 0 Å². The Labute approximate surface area is 213 Å². The van der Waals surface area contributed by atoms with E-state index in [1.807, 2.05) is 37.3 Å². The second-order valence-electron chi connectivity index (χ2n) is 9.25. The van der Waals surface area contributed by atoms with E-state index in [4.69, 9.17) is 11.2 Å². The van der Waals surface area contributed by atoms with Crippen LogP contribution in [0.5, 0.6) is 0 Å². The fraction of sp³-hybridized carbons (Fsp3) is 0.393. The Hall–Kier alpha value is -3.83. The first-order valence-corrected chi connectivity index (χ1v) is 11.9. The SMILES string of the molecule is C#Cc1ccccc1C(C(=O)NCc1ccccc1)N(CCC)C(=O)C(CO)NC(=O)OC(C)(C)C. The minimum absolute atomic E-state index is 0.188. The lowest BCUT2D eigenvalue weighted by molar-refractivity contribution is -0.143. The van der Waals surface area contributed by atoms with Gasteiger partial charge in [-0.05, 0) is 44.4 Å². The van der Waals surface area contributed by atoms with E-state index in [1.54, 1.807) is 45.0 Å². The molecule has 0 radical (unpaired) electrons. The fourth-order valence-corrected chi connectivity index (χ4v) is 3.64. The number of hydrogen-bond donors (Lipinski definition) is 3. The first-order chi connectivity index (χ1) is 17.1. The molecule has 0 fully saturated rings. The quantitative estimate of drug-likeness (QED) is 0.441. The van der Waals surface area contributed by atoms with Crippen LogP contribution >= 0.6 is 0 Å². The second kappa shape index (κ2) is 13.3. The maximum absolute atomic E-state index is 13.6. The normalized spacial score (nSPS) is 12.6. The van der Waals surface area contributed by atoms with Crippen molar-refractivity contribution in [1.82, 2.24) is 15.5 Å². The van der Waals surface area contributed by atoms with E-state index < -0.39 is 42.2 Å². The molecule has 2 aromatic rings. The van der Waals surface area contributed by atoms with Crippen LogP contribution in [0.25, 0.3) is 0 Å². The number of aliphatic hydroxyl groups is 1. The Morgan fingerprint density at radius 3 is 2.31 bits per heavy atom. The molecule has 0 aromatic heterocycles. The summed E-state index contributed by atoms with van der Waals surface area (Å²) in [6.07, 6.45) is 5.39. The summed E-state index contributed by atoms with van der Waals surface area (Å²) in [7, 11) is 0. The van der Waals surface area contributed by atoms with E-state index in [0.29, 0.717) is 17.5 Å². The van der Waals surface area contributed by atoms with Gasteiger partial charge in [-0.15, -0.1) is 6.42 Å². The van der Waals surface area contributed by atoms with E-state index in [2.05, 4.69) is 16.6 Å². The third-order valence-corrected chi connectivity index (χ3v) is 5.20. The number of aliphatic hydroxyl groups excluding tert-OH is 1. The van der Waals surface area contributed by atoms with Crippen molar-refractivity contribution in [3.63, 3.8) is 0 Å². The molecule has 0 aliphatic rings. The first kappa shape index (κ1) is 28.4. The van der Waals surface area contributed by atoms with Gasteiger partial charge >= 0.3 is 6.09 Å². The van der Waals surface area contributed by atoms with Gasteiger partial charge in [0.25, 0.3) is 0 Å². The van der Waals surface area contributed by atoms with Crippen molar-refractivity contribution < 1.29 is 24.2 Å². The number of terminal acetylenes is 1. The van der Waals surface area contributed by atoms with Crippen LogP contribution in [0.4, 0.5) is 4.79 Å². The molecule has 0 spiro atoms. The Bertz CT molecular complexity index is 1070. The summed E-state index contributed by atoms with van der Waals surface area (Å²) in [4.78, 5) is 40.9. The standard InChI is InChI=1S/C28H35N3O5/c1-6-17-31(26(34)23(19-32)30-27(35)36-28(3,4)5)24(22-16-12-11-15-21(22)7-2)25(33)29-18-20-13-9-8-10-14-20/h2,8-16,23-24,32H,6,17-19H2,1,3-5H3,(H,29,33)(H,30,35). The van der Waals surface area contributed by atoms with E-state index in [0.717, 1.165) is 5.56 Å². The minimum Gasteiger partial charge on any atom is -0.444 e. The molecule has 36 heavy (non-hydrogen) atoms. The lowest BCUT2D eigenvalue weighted by atomic mass is 9.97. The monoisotopic (exact) mass is 493 g/mol. The molecule has 0 heterocycles. The summed E-state index contributed by atoms with van der Waals surface area (Å²) in [6.45, 7) is 6.70. The van der Waals surface area contributed by atoms with Gasteiger partial charge in [0.2, 0.25) is 11.8 Å². The summed E-state index contributed by atoms with van der Waals surface area (Å²) >= 11 is 0. The number of hydrogen-bond acceptors (Lipinski definition) is 5. The largest absolute Gasteiger partial charge is 0.444 e. The fourth-order valence-electron chi connectivity index (χ4n) is 3.64. The van der Waals surface area contributed by atoms with Crippen molar-refractivity contribution in [1.29, 1.82) is 0 Å². The van der Waals surface area contributed by atoms with Crippen LogP contribution in [0.3, 0.4) is 0 Å². The van der Waals surface area contributed by atoms with E-state index in [-0.39, 0.29) is 13.1 Å². The van der Waals surface area contributed by atoms with Crippen molar-refractivity contribution in [3.05, 3.63) is 71.3 Å². The average molecular weight is 494 g/mol. The van der Waals surface area contributed by atoms with Crippen LogP contribution in [0.1, 0.15) is 56.8 Å². The second-order valence-corrected chi connectivity index (χ2v) is 9.25. The van der Waals surface area contributed by atoms with Gasteiger partial charge in [-0.3, -0.25) is 9.59 Å².